The second-order valence-electron chi connectivity index (χ2n) is 6.38. The standard InChI is InChI=1S/C20H19FN4O2/c21-17-8-6-15(7-9-17)18-12-24(10-11-27-18)19(26)13-25-14-22-20(23-25)16-4-2-1-3-5-16/h1-9,14,18H,10-13H2. The van der Waals surface area contributed by atoms with Gasteiger partial charge in [-0.15, -0.1) is 0 Å². The maximum atomic E-state index is 13.1. The molecule has 0 radical (unpaired) electrons. The van der Waals surface area contributed by atoms with Crippen LogP contribution in [-0.2, 0) is 16.1 Å². The van der Waals surface area contributed by atoms with Crippen molar-refractivity contribution < 1.29 is 13.9 Å². The molecule has 0 bridgehead atoms. The van der Waals surface area contributed by atoms with E-state index in [9.17, 15) is 9.18 Å². The van der Waals surface area contributed by atoms with Crippen molar-refractivity contribution in [2.45, 2.75) is 12.6 Å². The average Bonchev–Trinajstić information content (AvgIpc) is 3.18. The number of halogens is 1. The smallest absolute Gasteiger partial charge is 0.244 e. The van der Waals surface area contributed by atoms with Gasteiger partial charge in [-0.2, -0.15) is 5.10 Å². The molecular weight excluding hydrogens is 347 g/mol. The molecule has 2 heterocycles. The molecule has 0 N–H and O–H groups in total. The minimum Gasteiger partial charge on any atom is -0.370 e. The molecular formula is C20H19FN4O2. The van der Waals surface area contributed by atoms with Crippen molar-refractivity contribution >= 4 is 5.91 Å². The highest BCUT2D eigenvalue weighted by atomic mass is 19.1. The maximum Gasteiger partial charge on any atom is 0.244 e. The Morgan fingerprint density at radius 1 is 1.15 bits per heavy atom. The van der Waals surface area contributed by atoms with Gasteiger partial charge in [0.1, 0.15) is 24.8 Å². The molecule has 1 saturated heterocycles. The number of nitrogens with zero attached hydrogens (tertiary/aromatic N) is 4. The molecule has 0 spiro atoms. The predicted octanol–water partition coefficient (Wildman–Crippen LogP) is 2.68. The fourth-order valence-electron chi connectivity index (χ4n) is 3.08. The monoisotopic (exact) mass is 366 g/mol. The highest BCUT2D eigenvalue weighted by Gasteiger charge is 2.25. The Hall–Kier alpha value is -3.06. The van der Waals surface area contributed by atoms with Crippen LogP contribution in [0.3, 0.4) is 0 Å². The van der Waals surface area contributed by atoms with Crippen molar-refractivity contribution in [3.63, 3.8) is 0 Å². The molecule has 3 aromatic rings. The number of hydrogen-bond donors (Lipinski definition) is 0. The molecule has 1 atom stereocenters. The number of rotatable bonds is 4. The van der Waals surface area contributed by atoms with Crippen LogP contribution in [0.1, 0.15) is 11.7 Å². The van der Waals surface area contributed by atoms with Crippen molar-refractivity contribution in [1.29, 1.82) is 0 Å². The van der Waals surface area contributed by atoms with Gasteiger partial charge >= 0.3 is 0 Å². The summed E-state index contributed by atoms with van der Waals surface area (Å²) in [5.41, 5.74) is 1.77. The minimum atomic E-state index is -0.289. The van der Waals surface area contributed by atoms with E-state index in [-0.39, 0.29) is 24.4 Å². The molecule has 1 amide bonds. The fourth-order valence-corrected chi connectivity index (χ4v) is 3.08. The Morgan fingerprint density at radius 3 is 2.70 bits per heavy atom. The van der Waals surface area contributed by atoms with Gasteiger partial charge < -0.3 is 9.64 Å². The molecule has 1 aromatic heterocycles. The molecule has 6 nitrogen and oxygen atoms in total. The number of hydrogen-bond acceptors (Lipinski definition) is 4. The second kappa shape index (κ2) is 7.67. The van der Waals surface area contributed by atoms with Crippen molar-refractivity contribution in [1.82, 2.24) is 19.7 Å². The van der Waals surface area contributed by atoms with E-state index in [0.29, 0.717) is 25.5 Å². The van der Waals surface area contributed by atoms with E-state index in [1.807, 2.05) is 30.3 Å². The number of morpholine rings is 1. The van der Waals surface area contributed by atoms with Crippen molar-refractivity contribution in [2.75, 3.05) is 19.7 Å². The van der Waals surface area contributed by atoms with Crippen LogP contribution in [0.5, 0.6) is 0 Å². The van der Waals surface area contributed by atoms with E-state index < -0.39 is 0 Å². The molecule has 1 fully saturated rings. The molecule has 27 heavy (non-hydrogen) atoms. The van der Waals surface area contributed by atoms with E-state index in [0.717, 1.165) is 11.1 Å². The van der Waals surface area contributed by atoms with E-state index in [1.54, 1.807) is 28.0 Å². The third kappa shape index (κ3) is 4.03. The molecule has 0 aliphatic carbocycles. The predicted molar refractivity (Wildman–Crippen MR) is 97.1 cm³/mol. The number of carbonyl (C=O) groups is 1. The number of carbonyl (C=O) groups excluding carboxylic acids is 1. The molecule has 2 aromatic carbocycles. The molecule has 7 heteroatoms. The first kappa shape index (κ1) is 17.4. The number of amides is 1. The summed E-state index contributed by atoms with van der Waals surface area (Å²) in [7, 11) is 0. The fraction of sp³-hybridized carbons (Fsp3) is 0.250. The summed E-state index contributed by atoms with van der Waals surface area (Å²) in [4.78, 5) is 18.7. The number of ether oxygens (including phenoxy) is 1. The first-order chi connectivity index (χ1) is 13.2. The van der Waals surface area contributed by atoms with Gasteiger partial charge in [-0.05, 0) is 17.7 Å². The Balaban J connectivity index is 1.41. The lowest BCUT2D eigenvalue weighted by Crippen LogP contribution is -2.43. The Kier molecular flexibility index (Phi) is 4.93. The van der Waals surface area contributed by atoms with Crippen LogP contribution in [0.4, 0.5) is 4.39 Å². The van der Waals surface area contributed by atoms with Gasteiger partial charge in [0.2, 0.25) is 5.91 Å². The van der Waals surface area contributed by atoms with Gasteiger partial charge in [0, 0.05) is 12.1 Å². The van der Waals surface area contributed by atoms with Crippen LogP contribution < -0.4 is 0 Å². The maximum absolute atomic E-state index is 13.1. The zero-order valence-corrected chi connectivity index (χ0v) is 14.7. The lowest BCUT2D eigenvalue weighted by molar-refractivity contribution is -0.139. The molecule has 138 valence electrons. The highest BCUT2D eigenvalue weighted by Crippen LogP contribution is 2.22. The summed E-state index contributed by atoms with van der Waals surface area (Å²) >= 11 is 0. The number of benzene rings is 2. The van der Waals surface area contributed by atoms with Crippen molar-refractivity contribution in [3.8, 4) is 11.4 Å². The summed E-state index contributed by atoms with van der Waals surface area (Å²) in [6, 6.07) is 15.8. The van der Waals surface area contributed by atoms with Crippen molar-refractivity contribution in [2.24, 2.45) is 0 Å². The first-order valence-corrected chi connectivity index (χ1v) is 8.79. The Morgan fingerprint density at radius 2 is 1.93 bits per heavy atom. The SMILES string of the molecule is O=C(Cn1cnc(-c2ccccc2)n1)N1CCOC(c2ccc(F)cc2)C1. The summed E-state index contributed by atoms with van der Waals surface area (Å²) in [6.45, 7) is 1.53. The number of aromatic nitrogens is 3. The topological polar surface area (TPSA) is 60.2 Å². The average molecular weight is 366 g/mol. The van der Waals surface area contributed by atoms with E-state index in [2.05, 4.69) is 10.1 Å². The van der Waals surface area contributed by atoms with Gasteiger partial charge in [0.25, 0.3) is 0 Å². The molecule has 0 saturated carbocycles. The van der Waals surface area contributed by atoms with Crippen LogP contribution in [-0.4, -0.2) is 45.3 Å². The van der Waals surface area contributed by atoms with Gasteiger partial charge in [-0.25, -0.2) is 14.1 Å². The van der Waals surface area contributed by atoms with Crippen LogP contribution in [0.15, 0.2) is 60.9 Å². The van der Waals surface area contributed by atoms with Crippen LogP contribution in [0, 0.1) is 5.82 Å². The first-order valence-electron chi connectivity index (χ1n) is 8.79. The third-order valence-corrected chi connectivity index (χ3v) is 4.53. The van der Waals surface area contributed by atoms with Gasteiger partial charge in [-0.1, -0.05) is 42.5 Å². The summed E-state index contributed by atoms with van der Waals surface area (Å²) in [5.74, 6) is 0.257. The Bertz CT molecular complexity index is 911. The summed E-state index contributed by atoms with van der Waals surface area (Å²) in [5, 5.41) is 4.39. The molecule has 1 unspecified atom stereocenters. The summed E-state index contributed by atoms with van der Waals surface area (Å²) < 4.78 is 20.4. The quantitative estimate of drug-likeness (QED) is 0.712. The lowest BCUT2D eigenvalue weighted by Gasteiger charge is -2.33. The van der Waals surface area contributed by atoms with Crippen LogP contribution in [0.25, 0.3) is 11.4 Å². The van der Waals surface area contributed by atoms with E-state index in [1.165, 1.54) is 12.1 Å². The van der Waals surface area contributed by atoms with Gasteiger partial charge in [-0.3, -0.25) is 4.79 Å². The van der Waals surface area contributed by atoms with Crippen LogP contribution in [0.2, 0.25) is 0 Å². The Labute approximate surface area is 156 Å². The third-order valence-electron chi connectivity index (χ3n) is 4.53. The molecule has 4 rings (SSSR count). The zero-order valence-electron chi connectivity index (χ0n) is 14.7. The normalized spacial score (nSPS) is 17.1. The lowest BCUT2D eigenvalue weighted by atomic mass is 10.1. The van der Waals surface area contributed by atoms with Crippen LogP contribution >= 0.6 is 0 Å². The van der Waals surface area contributed by atoms with E-state index >= 15 is 0 Å². The largest absolute Gasteiger partial charge is 0.370 e. The minimum absolute atomic E-state index is 0.0464. The molecule has 1 aliphatic rings. The van der Waals surface area contributed by atoms with Gasteiger partial charge in [0.05, 0.1) is 13.2 Å². The van der Waals surface area contributed by atoms with E-state index in [4.69, 9.17) is 4.74 Å². The molecule has 1 aliphatic heterocycles. The second-order valence-corrected chi connectivity index (χ2v) is 6.38. The highest BCUT2D eigenvalue weighted by molar-refractivity contribution is 5.76. The summed E-state index contributed by atoms with van der Waals surface area (Å²) in [6.07, 6.45) is 1.32. The van der Waals surface area contributed by atoms with Crippen molar-refractivity contribution in [3.05, 3.63) is 72.3 Å². The van der Waals surface area contributed by atoms with Gasteiger partial charge in [0.15, 0.2) is 5.82 Å². The zero-order chi connectivity index (χ0) is 18.6.